The van der Waals surface area contributed by atoms with E-state index in [-0.39, 0.29) is 5.78 Å². The van der Waals surface area contributed by atoms with Crippen molar-refractivity contribution in [1.82, 2.24) is 19.6 Å². The molecule has 2 aromatic heterocycles. The van der Waals surface area contributed by atoms with Gasteiger partial charge in [0, 0.05) is 12.1 Å². The largest absolute Gasteiger partial charge is 0.408 e. The molecule has 1 aromatic carbocycles. The van der Waals surface area contributed by atoms with Crippen molar-refractivity contribution in [2.45, 2.75) is 26.1 Å². The molecule has 0 saturated heterocycles. The smallest absolute Gasteiger partial charge is 0.358 e. The highest BCUT2D eigenvalue weighted by atomic mass is 35.5. The minimum Gasteiger partial charge on any atom is -0.358 e. The minimum atomic E-state index is -4.70. The first-order chi connectivity index (χ1) is 13.0. The Labute approximate surface area is 159 Å². The van der Waals surface area contributed by atoms with Gasteiger partial charge in [0.2, 0.25) is 0 Å². The van der Waals surface area contributed by atoms with Gasteiger partial charge in [-0.3, -0.25) is 0 Å². The van der Waals surface area contributed by atoms with E-state index in [2.05, 4.69) is 20.4 Å². The van der Waals surface area contributed by atoms with Crippen LogP contribution in [0.25, 0.3) is 16.9 Å². The van der Waals surface area contributed by atoms with Crippen LogP contribution in [0.1, 0.15) is 13.8 Å². The van der Waals surface area contributed by atoms with Gasteiger partial charge in [0.25, 0.3) is 5.78 Å². The third-order valence-corrected chi connectivity index (χ3v) is 4.22. The molecular formula is C16H12ClF6N5. The number of benzene rings is 1. The van der Waals surface area contributed by atoms with Gasteiger partial charge >= 0.3 is 6.18 Å². The maximum atomic E-state index is 14.4. The molecule has 0 aliphatic carbocycles. The van der Waals surface area contributed by atoms with Crippen molar-refractivity contribution in [3.05, 3.63) is 41.1 Å². The van der Waals surface area contributed by atoms with E-state index < -0.39 is 57.7 Å². The fourth-order valence-corrected chi connectivity index (χ4v) is 2.99. The van der Waals surface area contributed by atoms with Crippen molar-refractivity contribution in [3.63, 3.8) is 0 Å². The zero-order valence-electron chi connectivity index (χ0n) is 14.3. The van der Waals surface area contributed by atoms with Crippen LogP contribution in [0.3, 0.4) is 0 Å². The van der Waals surface area contributed by atoms with Gasteiger partial charge in [0.1, 0.15) is 40.8 Å². The Bertz CT molecular complexity index is 1010. The standard InChI is InChI=1S/C16H12ClF6N5/c1-6(2)12(16(21,22)23)26-14-11(10-8(19)3-7(18)4-9(10)20)13(17)27-15-24-5-25-28(14)15/h3-6,12,26H,1-2H3/t12-/m1/s1. The summed E-state index contributed by atoms with van der Waals surface area (Å²) in [4.78, 5) is 7.53. The molecule has 0 unspecified atom stereocenters. The summed E-state index contributed by atoms with van der Waals surface area (Å²) in [5.41, 5.74) is -1.38. The van der Waals surface area contributed by atoms with Crippen LogP contribution in [0.2, 0.25) is 5.15 Å². The minimum absolute atomic E-state index is 0.191. The van der Waals surface area contributed by atoms with Crippen LogP contribution in [-0.2, 0) is 0 Å². The van der Waals surface area contributed by atoms with E-state index in [0.29, 0.717) is 12.1 Å². The zero-order chi connectivity index (χ0) is 20.8. The average molecular weight is 424 g/mol. The highest BCUT2D eigenvalue weighted by molar-refractivity contribution is 6.33. The Kier molecular flexibility index (Phi) is 5.13. The summed E-state index contributed by atoms with van der Waals surface area (Å²) in [7, 11) is 0. The number of rotatable bonds is 4. The molecule has 12 heteroatoms. The van der Waals surface area contributed by atoms with Crippen molar-refractivity contribution in [2.24, 2.45) is 5.92 Å². The van der Waals surface area contributed by atoms with Gasteiger partial charge in [-0.2, -0.15) is 32.8 Å². The lowest BCUT2D eigenvalue weighted by atomic mass is 10.0. The molecule has 0 bridgehead atoms. The Morgan fingerprint density at radius 1 is 1.07 bits per heavy atom. The lowest BCUT2D eigenvalue weighted by molar-refractivity contribution is -0.150. The van der Waals surface area contributed by atoms with Gasteiger partial charge in [-0.15, -0.1) is 0 Å². The van der Waals surface area contributed by atoms with E-state index >= 15 is 0 Å². The molecule has 0 aliphatic heterocycles. The topological polar surface area (TPSA) is 55.1 Å². The SMILES string of the molecule is CC(C)[C@@H](Nc1c(-c2c(F)cc(F)cc2F)c(Cl)nc2ncnn12)C(F)(F)F. The number of nitrogens with one attached hydrogen (secondary N) is 1. The second-order valence-corrected chi connectivity index (χ2v) is 6.61. The molecule has 0 saturated carbocycles. The van der Waals surface area contributed by atoms with Crippen LogP contribution in [0.15, 0.2) is 18.5 Å². The fraction of sp³-hybridized carbons (Fsp3) is 0.312. The number of anilines is 1. The molecule has 1 N–H and O–H groups in total. The van der Waals surface area contributed by atoms with E-state index in [1.165, 1.54) is 13.8 Å². The summed E-state index contributed by atoms with van der Waals surface area (Å²) in [5, 5.41) is 5.43. The second kappa shape index (κ2) is 7.12. The molecule has 3 rings (SSSR count). The average Bonchev–Trinajstić information content (AvgIpc) is 2.99. The molecule has 2 heterocycles. The molecule has 0 spiro atoms. The summed E-state index contributed by atoms with van der Waals surface area (Å²) < 4.78 is 83.2. The lowest BCUT2D eigenvalue weighted by Gasteiger charge is -2.27. The Morgan fingerprint density at radius 3 is 2.21 bits per heavy atom. The molecule has 28 heavy (non-hydrogen) atoms. The van der Waals surface area contributed by atoms with Gasteiger partial charge in [0.15, 0.2) is 0 Å². The highest BCUT2D eigenvalue weighted by Gasteiger charge is 2.43. The summed E-state index contributed by atoms with van der Waals surface area (Å²) >= 11 is 6.02. The lowest BCUT2D eigenvalue weighted by Crippen LogP contribution is -2.41. The van der Waals surface area contributed by atoms with E-state index in [4.69, 9.17) is 11.6 Å². The molecule has 150 valence electrons. The molecule has 0 radical (unpaired) electrons. The number of fused-ring (bicyclic) bond motifs is 1. The first-order valence-electron chi connectivity index (χ1n) is 7.88. The Hall–Kier alpha value is -2.56. The van der Waals surface area contributed by atoms with E-state index in [9.17, 15) is 26.3 Å². The number of hydrogen-bond donors (Lipinski definition) is 1. The van der Waals surface area contributed by atoms with Crippen LogP contribution in [0, 0.1) is 23.4 Å². The Morgan fingerprint density at radius 2 is 1.68 bits per heavy atom. The number of halogens is 7. The molecular weight excluding hydrogens is 412 g/mol. The van der Waals surface area contributed by atoms with Gasteiger partial charge in [0.05, 0.1) is 11.1 Å². The van der Waals surface area contributed by atoms with Gasteiger partial charge in [-0.1, -0.05) is 25.4 Å². The van der Waals surface area contributed by atoms with Crippen LogP contribution < -0.4 is 5.32 Å². The number of nitrogens with zero attached hydrogens (tertiary/aromatic N) is 4. The quantitative estimate of drug-likeness (QED) is 0.481. The first kappa shape index (κ1) is 20.2. The monoisotopic (exact) mass is 423 g/mol. The highest BCUT2D eigenvalue weighted by Crippen LogP contribution is 2.39. The molecule has 3 aromatic rings. The predicted octanol–water partition coefficient (Wildman–Crippen LogP) is 4.86. The second-order valence-electron chi connectivity index (χ2n) is 6.25. The molecule has 0 aliphatic rings. The molecule has 0 fully saturated rings. The summed E-state index contributed by atoms with van der Waals surface area (Å²) in [6.07, 6.45) is -3.71. The van der Waals surface area contributed by atoms with Gasteiger partial charge in [-0.25, -0.2) is 13.2 Å². The third kappa shape index (κ3) is 3.58. The normalized spacial score (nSPS) is 13.4. The summed E-state index contributed by atoms with van der Waals surface area (Å²) in [5.74, 6) is -5.55. The van der Waals surface area contributed by atoms with Crippen LogP contribution in [0.5, 0.6) is 0 Å². The number of aromatic nitrogens is 4. The fourth-order valence-electron chi connectivity index (χ4n) is 2.73. The third-order valence-electron chi connectivity index (χ3n) is 3.95. The number of alkyl halides is 3. The zero-order valence-corrected chi connectivity index (χ0v) is 15.1. The van der Waals surface area contributed by atoms with Gasteiger partial charge < -0.3 is 5.32 Å². The van der Waals surface area contributed by atoms with Crippen molar-refractivity contribution in [1.29, 1.82) is 0 Å². The Balaban J connectivity index is 2.33. The van der Waals surface area contributed by atoms with Crippen molar-refractivity contribution >= 4 is 23.2 Å². The van der Waals surface area contributed by atoms with Crippen molar-refractivity contribution in [3.8, 4) is 11.1 Å². The molecule has 1 atom stereocenters. The first-order valence-corrected chi connectivity index (χ1v) is 8.26. The van der Waals surface area contributed by atoms with E-state index in [1.807, 2.05) is 0 Å². The van der Waals surface area contributed by atoms with Crippen LogP contribution in [0.4, 0.5) is 32.2 Å². The van der Waals surface area contributed by atoms with Crippen molar-refractivity contribution < 1.29 is 26.3 Å². The van der Waals surface area contributed by atoms with Crippen LogP contribution in [-0.4, -0.2) is 31.8 Å². The summed E-state index contributed by atoms with van der Waals surface area (Å²) in [6.45, 7) is 2.62. The van der Waals surface area contributed by atoms with Crippen molar-refractivity contribution in [2.75, 3.05) is 5.32 Å². The molecule has 5 nitrogen and oxygen atoms in total. The maximum Gasteiger partial charge on any atom is 0.408 e. The van der Waals surface area contributed by atoms with Gasteiger partial charge in [-0.05, 0) is 5.92 Å². The number of hydrogen-bond acceptors (Lipinski definition) is 4. The van der Waals surface area contributed by atoms with E-state index in [1.54, 1.807) is 0 Å². The molecule has 0 amide bonds. The maximum absolute atomic E-state index is 14.4. The van der Waals surface area contributed by atoms with E-state index in [0.717, 1.165) is 10.8 Å². The summed E-state index contributed by atoms with van der Waals surface area (Å²) in [6, 6.07) is -1.34. The van der Waals surface area contributed by atoms with Crippen LogP contribution >= 0.6 is 11.6 Å². The predicted molar refractivity (Wildman–Crippen MR) is 89.4 cm³/mol.